The van der Waals surface area contributed by atoms with E-state index in [-0.39, 0.29) is 10.9 Å². The Morgan fingerprint density at radius 3 is 2.40 bits per heavy atom. The summed E-state index contributed by atoms with van der Waals surface area (Å²) in [6.45, 7) is 3.17. The van der Waals surface area contributed by atoms with Gasteiger partial charge in [0.25, 0.3) is 15.9 Å². The summed E-state index contributed by atoms with van der Waals surface area (Å²) in [6, 6.07) is 23.1. The molecule has 4 heterocycles. The fourth-order valence-electron chi connectivity index (χ4n) is 5.63. The zero-order valence-corrected chi connectivity index (χ0v) is 24.2. The predicted molar refractivity (Wildman–Crippen MR) is 167 cm³/mol. The van der Waals surface area contributed by atoms with Gasteiger partial charge in [-0.1, -0.05) is 42.5 Å². The minimum absolute atomic E-state index is 0.0398. The number of likely N-dealkylation sites (N-methyl/N-ethyl adjacent to an activating group) is 1. The number of benzene rings is 3. The van der Waals surface area contributed by atoms with Crippen LogP contribution in [0.15, 0.2) is 96.5 Å². The van der Waals surface area contributed by atoms with Crippen molar-refractivity contribution in [1.82, 2.24) is 29.7 Å². The van der Waals surface area contributed by atoms with Gasteiger partial charge < -0.3 is 19.8 Å². The van der Waals surface area contributed by atoms with Crippen LogP contribution in [-0.4, -0.2) is 77.3 Å². The molecule has 7 rings (SSSR count). The van der Waals surface area contributed by atoms with Crippen molar-refractivity contribution in [3.05, 3.63) is 97.1 Å². The van der Waals surface area contributed by atoms with Crippen LogP contribution in [0.2, 0.25) is 0 Å². The number of carbonyl (C=O) groups is 1. The Hall–Kier alpha value is -5.00. The third-order valence-electron chi connectivity index (χ3n) is 7.92. The van der Waals surface area contributed by atoms with Gasteiger partial charge in [-0.15, -0.1) is 0 Å². The molecule has 1 saturated heterocycles. The summed E-state index contributed by atoms with van der Waals surface area (Å²) < 4.78 is 28.4. The number of carbonyl (C=O) groups excluding carboxylic acids is 1. The van der Waals surface area contributed by atoms with Crippen LogP contribution in [0.3, 0.4) is 0 Å². The van der Waals surface area contributed by atoms with E-state index in [2.05, 4.69) is 31.6 Å². The molecule has 0 bridgehead atoms. The molecule has 1 amide bonds. The molecule has 11 heteroatoms. The lowest BCUT2D eigenvalue weighted by atomic mass is 9.92. The van der Waals surface area contributed by atoms with Gasteiger partial charge in [-0.25, -0.2) is 9.97 Å². The van der Waals surface area contributed by atoms with E-state index in [1.165, 1.54) is 12.5 Å². The number of hydrogen-bond acceptors (Lipinski definition) is 6. The summed E-state index contributed by atoms with van der Waals surface area (Å²) in [7, 11) is -1.79. The van der Waals surface area contributed by atoms with Gasteiger partial charge in [0.1, 0.15) is 5.65 Å². The van der Waals surface area contributed by atoms with Gasteiger partial charge in [0.15, 0.2) is 5.03 Å². The fourth-order valence-corrected chi connectivity index (χ4v) is 6.59. The number of hydrogen-bond donors (Lipinski definition) is 3. The third-order valence-corrected chi connectivity index (χ3v) is 9.20. The minimum Gasteiger partial charge on any atom is -0.350 e. The number of nitrogens with one attached hydrogen (secondary N) is 3. The summed E-state index contributed by atoms with van der Waals surface area (Å²) in [5, 5.41) is 1.61. The van der Waals surface area contributed by atoms with Gasteiger partial charge in [-0.3, -0.25) is 9.52 Å². The first-order chi connectivity index (χ1) is 20.9. The quantitative estimate of drug-likeness (QED) is 0.251. The molecule has 0 unspecified atom stereocenters. The molecule has 0 atom stereocenters. The highest BCUT2D eigenvalue weighted by molar-refractivity contribution is 7.92. The van der Waals surface area contributed by atoms with Crippen molar-refractivity contribution >= 4 is 43.6 Å². The maximum absolute atomic E-state index is 13.2. The number of aromatic nitrogens is 4. The average Bonchev–Trinajstić information content (AvgIpc) is 3.70. The van der Waals surface area contributed by atoms with Gasteiger partial charge in [0, 0.05) is 77.2 Å². The number of pyridine rings is 1. The molecule has 1 fully saturated rings. The van der Waals surface area contributed by atoms with Crippen molar-refractivity contribution in [2.24, 2.45) is 0 Å². The largest absolute Gasteiger partial charge is 0.350 e. The lowest BCUT2D eigenvalue weighted by Gasteiger charge is -2.32. The number of piperazine rings is 1. The highest BCUT2D eigenvalue weighted by Gasteiger charge is 2.22. The molecule has 0 radical (unpaired) electrons. The molecule has 3 aromatic carbocycles. The monoisotopic (exact) mass is 591 g/mol. The molecule has 6 aromatic rings. The van der Waals surface area contributed by atoms with E-state index in [1.54, 1.807) is 6.07 Å². The second-order valence-corrected chi connectivity index (χ2v) is 12.3. The molecule has 10 nitrogen and oxygen atoms in total. The van der Waals surface area contributed by atoms with E-state index in [0.29, 0.717) is 16.9 Å². The molecule has 43 heavy (non-hydrogen) atoms. The number of imidazole rings is 1. The third kappa shape index (κ3) is 5.02. The zero-order valence-electron chi connectivity index (χ0n) is 23.4. The standard InChI is InChI=1S/C32H29N7O3S/c1-38-13-15-39(16-14-38)32(40)23-9-7-21(8-10-23)26-18-34-31-30(29(26)22-5-3-2-4-6-22)25-17-24(11-12-27(25)36-31)37-43(41,42)28-19-33-20-35-28/h2-12,17-20,37H,13-16H2,1H3,(H,33,35)(H,34,36). The number of aromatic amines is 2. The Kier molecular flexibility index (Phi) is 6.68. The fraction of sp³-hybridized carbons (Fsp3) is 0.156. The van der Waals surface area contributed by atoms with Crippen LogP contribution in [0.1, 0.15) is 10.4 Å². The normalized spacial score (nSPS) is 14.4. The molecular weight excluding hydrogens is 562 g/mol. The number of amides is 1. The SMILES string of the molecule is CN1CCN(C(=O)c2ccc(-c3cnc4[nH]c5ccc(NS(=O)(=O)c6c[nH]cn6)cc5c4c3-c3ccccc3)cc2)CC1. The first-order valence-corrected chi connectivity index (χ1v) is 15.5. The van der Waals surface area contributed by atoms with Crippen LogP contribution in [0.4, 0.5) is 5.69 Å². The average molecular weight is 592 g/mol. The van der Waals surface area contributed by atoms with Gasteiger partial charge in [0.05, 0.1) is 6.33 Å². The van der Waals surface area contributed by atoms with Crippen LogP contribution in [0.5, 0.6) is 0 Å². The summed E-state index contributed by atoms with van der Waals surface area (Å²) in [4.78, 5) is 32.0. The van der Waals surface area contributed by atoms with Gasteiger partial charge in [0.2, 0.25) is 0 Å². The van der Waals surface area contributed by atoms with E-state index >= 15 is 0 Å². The number of nitrogens with zero attached hydrogens (tertiary/aromatic N) is 4. The van der Waals surface area contributed by atoms with Crippen LogP contribution >= 0.6 is 0 Å². The van der Waals surface area contributed by atoms with E-state index in [4.69, 9.17) is 4.98 Å². The molecule has 1 aliphatic heterocycles. The second kappa shape index (κ2) is 10.7. The Bertz CT molecular complexity index is 2050. The Morgan fingerprint density at radius 2 is 1.67 bits per heavy atom. The highest BCUT2D eigenvalue weighted by Crippen LogP contribution is 2.41. The van der Waals surface area contributed by atoms with Crippen LogP contribution in [0.25, 0.3) is 44.2 Å². The molecule has 3 N–H and O–H groups in total. The molecule has 1 aliphatic rings. The van der Waals surface area contributed by atoms with Crippen LogP contribution in [0, 0.1) is 0 Å². The van der Waals surface area contributed by atoms with Crippen molar-refractivity contribution in [3.8, 4) is 22.3 Å². The topological polar surface area (TPSA) is 127 Å². The summed E-state index contributed by atoms with van der Waals surface area (Å²) in [5.74, 6) is 0.0398. The maximum Gasteiger partial charge on any atom is 0.280 e. The molecule has 3 aromatic heterocycles. The Balaban J connectivity index is 1.33. The van der Waals surface area contributed by atoms with Crippen molar-refractivity contribution in [3.63, 3.8) is 0 Å². The maximum atomic E-state index is 13.2. The van der Waals surface area contributed by atoms with Gasteiger partial charge in [-0.2, -0.15) is 8.42 Å². The highest BCUT2D eigenvalue weighted by atomic mass is 32.2. The lowest BCUT2D eigenvalue weighted by molar-refractivity contribution is 0.0664. The first kappa shape index (κ1) is 26.9. The van der Waals surface area contributed by atoms with Crippen molar-refractivity contribution in [1.29, 1.82) is 0 Å². The lowest BCUT2D eigenvalue weighted by Crippen LogP contribution is -2.47. The number of rotatable bonds is 6. The number of sulfonamides is 1. The molecule has 0 saturated carbocycles. The van der Waals surface area contributed by atoms with Crippen LogP contribution in [-0.2, 0) is 10.0 Å². The van der Waals surface area contributed by atoms with Crippen LogP contribution < -0.4 is 4.72 Å². The van der Waals surface area contributed by atoms with E-state index in [0.717, 1.165) is 64.7 Å². The molecular formula is C32H29N7O3S. The molecule has 216 valence electrons. The summed E-state index contributed by atoms with van der Waals surface area (Å²) in [5.41, 5.74) is 6.36. The molecule has 0 aliphatic carbocycles. The van der Waals surface area contributed by atoms with Gasteiger partial charge >= 0.3 is 0 Å². The zero-order chi connectivity index (χ0) is 29.6. The Labute approximate surface area is 248 Å². The Morgan fingerprint density at radius 1 is 0.907 bits per heavy atom. The second-order valence-electron chi connectivity index (χ2n) is 10.7. The van der Waals surface area contributed by atoms with E-state index in [9.17, 15) is 13.2 Å². The number of anilines is 1. The summed E-state index contributed by atoms with van der Waals surface area (Å²) >= 11 is 0. The molecule has 0 spiro atoms. The van der Waals surface area contributed by atoms with Crippen molar-refractivity contribution < 1.29 is 13.2 Å². The smallest absolute Gasteiger partial charge is 0.280 e. The first-order valence-electron chi connectivity index (χ1n) is 14.0. The van der Waals surface area contributed by atoms with E-state index < -0.39 is 10.0 Å². The van der Waals surface area contributed by atoms with Crippen molar-refractivity contribution in [2.75, 3.05) is 37.9 Å². The predicted octanol–water partition coefficient (Wildman–Crippen LogP) is 4.96. The van der Waals surface area contributed by atoms with Gasteiger partial charge in [-0.05, 0) is 48.5 Å². The summed E-state index contributed by atoms with van der Waals surface area (Å²) in [6.07, 6.45) is 4.50. The van der Waals surface area contributed by atoms with E-state index in [1.807, 2.05) is 77.8 Å². The number of H-pyrrole nitrogens is 2. The minimum atomic E-state index is -3.86. The van der Waals surface area contributed by atoms with Crippen molar-refractivity contribution in [2.45, 2.75) is 5.03 Å². The number of fused-ring (bicyclic) bond motifs is 3.